The van der Waals surface area contributed by atoms with Gasteiger partial charge in [-0.1, -0.05) is 12.1 Å². The van der Waals surface area contributed by atoms with Crippen molar-refractivity contribution in [2.24, 2.45) is 0 Å². The van der Waals surface area contributed by atoms with Crippen LogP contribution in [0, 0.1) is 5.82 Å². The summed E-state index contributed by atoms with van der Waals surface area (Å²) in [7, 11) is 0. The summed E-state index contributed by atoms with van der Waals surface area (Å²) in [5.41, 5.74) is 1.19. The average Bonchev–Trinajstić information content (AvgIpc) is 2.56. The zero-order valence-electron chi connectivity index (χ0n) is 13.9. The third-order valence-corrected chi connectivity index (χ3v) is 5.20. The molecule has 5 heteroatoms. The Morgan fingerprint density at radius 3 is 2.57 bits per heavy atom. The van der Waals surface area contributed by atoms with Crippen molar-refractivity contribution in [3.05, 3.63) is 35.6 Å². The first-order valence-corrected chi connectivity index (χ1v) is 8.76. The SMILES string of the molecule is CC1CNCCN1C(CN1CCC(O)CC1)c1ccc(F)cc1. The van der Waals surface area contributed by atoms with Crippen molar-refractivity contribution in [3.63, 3.8) is 0 Å². The van der Waals surface area contributed by atoms with Crippen LogP contribution in [0.4, 0.5) is 4.39 Å². The van der Waals surface area contributed by atoms with E-state index in [9.17, 15) is 9.50 Å². The second-order valence-electron chi connectivity index (χ2n) is 6.89. The standard InChI is InChI=1S/C18H28FN3O/c1-14-12-20-8-11-22(14)18(15-2-4-16(19)5-3-15)13-21-9-6-17(23)7-10-21/h2-5,14,17-18,20,23H,6-13H2,1H3. The molecule has 2 atom stereocenters. The maximum Gasteiger partial charge on any atom is 0.123 e. The van der Waals surface area contributed by atoms with E-state index in [-0.39, 0.29) is 18.0 Å². The molecule has 2 heterocycles. The first-order chi connectivity index (χ1) is 11.1. The molecule has 0 saturated carbocycles. The number of aliphatic hydroxyl groups excluding tert-OH is 1. The van der Waals surface area contributed by atoms with Crippen LogP contribution in [-0.4, -0.2) is 66.3 Å². The van der Waals surface area contributed by atoms with Gasteiger partial charge < -0.3 is 15.3 Å². The zero-order chi connectivity index (χ0) is 16.2. The van der Waals surface area contributed by atoms with Crippen molar-refractivity contribution in [2.45, 2.75) is 38.0 Å². The van der Waals surface area contributed by atoms with E-state index in [1.54, 1.807) is 12.1 Å². The van der Waals surface area contributed by atoms with Crippen molar-refractivity contribution in [1.82, 2.24) is 15.1 Å². The van der Waals surface area contributed by atoms with Gasteiger partial charge in [0.15, 0.2) is 0 Å². The Bertz CT molecular complexity index is 488. The molecular formula is C18H28FN3O. The average molecular weight is 321 g/mol. The predicted molar refractivity (Wildman–Crippen MR) is 89.9 cm³/mol. The monoisotopic (exact) mass is 321 g/mol. The Labute approximate surface area is 138 Å². The fourth-order valence-corrected chi connectivity index (χ4v) is 3.75. The highest BCUT2D eigenvalue weighted by Crippen LogP contribution is 2.26. The van der Waals surface area contributed by atoms with E-state index in [2.05, 4.69) is 22.0 Å². The minimum atomic E-state index is -0.179. The van der Waals surface area contributed by atoms with Gasteiger partial charge in [0.05, 0.1) is 6.10 Å². The Morgan fingerprint density at radius 2 is 1.91 bits per heavy atom. The summed E-state index contributed by atoms with van der Waals surface area (Å²) in [6, 6.07) is 7.72. The molecule has 0 spiro atoms. The lowest BCUT2D eigenvalue weighted by Gasteiger charge is -2.43. The van der Waals surface area contributed by atoms with E-state index in [0.29, 0.717) is 6.04 Å². The van der Waals surface area contributed by atoms with Gasteiger partial charge in [0.25, 0.3) is 0 Å². The first-order valence-electron chi connectivity index (χ1n) is 8.76. The van der Waals surface area contributed by atoms with Crippen LogP contribution in [0.25, 0.3) is 0 Å². The quantitative estimate of drug-likeness (QED) is 0.884. The highest BCUT2D eigenvalue weighted by Gasteiger charge is 2.29. The molecule has 1 aromatic carbocycles. The number of likely N-dealkylation sites (tertiary alicyclic amines) is 1. The number of hydrogen-bond donors (Lipinski definition) is 2. The number of piperazine rings is 1. The predicted octanol–water partition coefficient (Wildman–Crippen LogP) is 1.62. The Morgan fingerprint density at radius 1 is 1.22 bits per heavy atom. The summed E-state index contributed by atoms with van der Waals surface area (Å²) in [6.07, 6.45) is 1.56. The summed E-state index contributed by atoms with van der Waals surface area (Å²) in [5, 5.41) is 13.2. The van der Waals surface area contributed by atoms with Crippen molar-refractivity contribution < 1.29 is 9.50 Å². The van der Waals surface area contributed by atoms with Crippen LogP contribution in [0.3, 0.4) is 0 Å². The molecule has 2 aliphatic heterocycles. The van der Waals surface area contributed by atoms with Gasteiger partial charge in [-0.15, -0.1) is 0 Å². The van der Waals surface area contributed by atoms with Crippen LogP contribution in [-0.2, 0) is 0 Å². The van der Waals surface area contributed by atoms with Crippen molar-refractivity contribution in [3.8, 4) is 0 Å². The van der Waals surface area contributed by atoms with Gasteiger partial charge >= 0.3 is 0 Å². The maximum atomic E-state index is 13.3. The van der Waals surface area contributed by atoms with Crippen LogP contribution >= 0.6 is 0 Å². The van der Waals surface area contributed by atoms with E-state index >= 15 is 0 Å². The Kier molecular flexibility index (Phi) is 5.64. The molecule has 0 aromatic heterocycles. The van der Waals surface area contributed by atoms with Crippen molar-refractivity contribution >= 4 is 0 Å². The summed E-state index contributed by atoms with van der Waals surface area (Å²) in [5.74, 6) is -0.179. The fraction of sp³-hybridized carbons (Fsp3) is 0.667. The molecule has 1 aromatic rings. The highest BCUT2D eigenvalue weighted by atomic mass is 19.1. The molecule has 2 saturated heterocycles. The largest absolute Gasteiger partial charge is 0.393 e. The van der Waals surface area contributed by atoms with E-state index < -0.39 is 0 Å². The third-order valence-electron chi connectivity index (χ3n) is 5.20. The molecule has 2 fully saturated rings. The molecule has 2 unspecified atom stereocenters. The number of nitrogens with one attached hydrogen (secondary N) is 1. The van der Waals surface area contributed by atoms with Gasteiger partial charge in [-0.25, -0.2) is 4.39 Å². The van der Waals surface area contributed by atoms with Gasteiger partial charge in [-0.05, 0) is 37.5 Å². The molecule has 23 heavy (non-hydrogen) atoms. The minimum absolute atomic E-state index is 0.145. The van der Waals surface area contributed by atoms with E-state index in [4.69, 9.17) is 0 Å². The third kappa shape index (κ3) is 4.29. The van der Waals surface area contributed by atoms with Crippen LogP contribution in [0.15, 0.2) is 24.3 Å². The molecule has 0 bridgehead atoms. The number of piperidine rings is 1. The van der Waals surface area contributed by atoms with Gasteiger partial charge in [0.2, 0.25) is 0 Å². The summed E-state index contributed by atoms with van der Waals surface area (Å²) in [4.78, 5) is 4.98. The number of nitrogens with zero attached hydrogens (tertiary/aromatic N) is 2. The maximum absolute atomic E-state index is 13.3. The summed E-state index contributed by atoms with van der Waals surface area (Å²) < 4.78 is 13.3. The number of benzene rings is 1. The lowest BCUT2D eigenvalue weighted by atomic mass is 9.99. The van der Waals surface area contributed by atoms with Gasteiger partial charge in [-0.2, -0.15) is 0 Å². The lowest BCUT2D eigenvalue weighted by molar-refractivity contribution is 0.0460. The molecule has 4 nitrogen and oxygen atoms in total. The topological polar surface area (TPSA) is 38.7 Å². The number of aliphatic hydroxyl groups is 1. The molecule has 2 N–H and O–H groups in total. The molecule has 3 rings (SSSR count). The van der Waals surface area contributed by atoms with Gasteiger partial charge in [-0.3, -0.25) is 4.90 Å². The Balaban J connectivity index is 1.76. The molecule has 0 amide bonds. The van der Waals surface area contributed by atoms with E-state index in [1.807, 2.05) is 12.1 Å². The normalized spacial score (nSPS) is 26.3. The minimum Gasteiger partial charge on any atom is -0.393 e. The van der Waals surface area contributed by atoms with Crippen molar-refractivity contribution in [2.75, 3.05) is 39.3 Å². The molecule has 0 radical (unpaired) electrons. The van der Waals surface area contributed by atoms with Crippen LogP contribution in [0.1, 0.15) is 31.4 Å². The van der Waals surface area contributed by atoms with E-state index in [1.165, 1.54) is 5.56 Å². The zero-order valence-corrected chi connectivity index (χ0v) is 13.9. The summed E-state index contributed by atoms with van der Waals surface area (Å²) in [6.45, 7) is 8.10. The van der Waals surface area contributed by atoms with Crippen LogP contribution < -0.4 is 5.32 Å². The highest BCUT2D eigenvalue weighted by molar-refractivity contribution is 5.21. The second kappa shape index (κ2) is 7.71. The molecule has 0 aliphatic carbocycles. The smallest absolute Gasteiger partial charge is 0.123 e. The van der Waals surface area contributed by atoms with Gasteiger partial charge in [0.1, 0.15) is 5.82 Å². The van der Waals surface area contributed by atoms with Gasteiger partial charge in [0, 0.05) is 51.4 Å². The van der Waals surface area contributed by atoms with Crippen LogP contribution in [0.5, 0.6) is 0 Å². The number of hydrogen-bond acceptors (Lipinski definition) is 4. The first kappa shape index (κ1) is 16.8. The van der Waals surface area contributed by atoms with E-state index in [0.717, 1.165) is 52.1 Å². The summed E-state index contributed by atoms with van der Waals surface area (Å²) >= 11 is 0. The number of halogens is 1. The van der Waals surface area contributed by atoms with Crippen LogP contribution in [0.2, 0.25) is 0 Å². The Hall–Kier alpha value is -1.01. The fourth-order valence-electron chi connectivity index (χ4n) is 3.75. The molecule has 128 valence electrons. The number of rotatable bonds is 4. The molecular weight excluding hydrogens is 293 g/mol. The molecule has 2 aliphatic rings. The van der Waals surface area contributed by atoms with Crippen molar-refractivity contribution in [1.29, 1.82) is 0 Å². The second-order valence-corrected chi connectivity index (χ2v) is 6.89. The lowest BCUT2D eigenvalue weighted by Crippen LogP contribution is -2.53.